The molecule has 0 aromatic carbocycles. The van der Waals surface area contributed by atoms with E-state index in [1.807, 2.05) is 4.98 Å². The molecule has 1 aromatic heterocycles. The van der Waals surface area contributed by atoms with Crippen molar-refractivity contribution in [2.75, 3.05) is 0 Å². The fourth-order valence-corrected chi connectivity index (χ4v) is 1.97. The van der Waals surface area contributed by atoms with E-state index < -0.39 is 32.0 Å². The van der Waals surface area contributed by atoms with Crippen molar-refractivity contribution in [2.24, 2.45) is 0 Å². The quantitative estimate of drug-likeness (QED) is 0.557. The maximum Gasteiger partial charge on any atom is 0.296 e. The Morgan fingerprint density at radius 1 is 1.47 bits per heavy atom. The maximum absolute atomic E-state index is 11.1. The van der Waals surface area contributed by atoms with E-state index >= 15 is 0 Å². The second-order valence-electron chi connectivity index (χ2n) is 2.72. The number of rotatable bonds is 1. The van der Waals surface area contributed by atoms with E-state index in [9.17, 15) is 13.2 Å². The molecule has 80 valence electrons. The molecule has 0 radical (unpaired) electrons. The first-order valence-electron chi connectivity index (χ1n) is 3.62. The van der Waals surface area contributed by atoms with Crippen LogP contribution in [0, 0.1) is 18.3 Å². The minimum absolute atomic E-state index is 0.284. The van der Waals surface area contributed by atoms with E-state index in [0.717, 1.165) is 6.92 Å². The summed E-state index contributed by atoms with van der Waals surface area (Å²) >= 11 is 0. The number of aromatic hydroxyl groups is 1. The average Bonchev–Trinajstić information content (AvgIpc) is 2.08. The molecular weight excluding hydrogens is 224 g/mol. The van der Waals surface area contributed by atoms with Gasteiger partial charge in [0.15, 0.2) is 5.88 Å². The fraction of sp³-hybridized carbons (Fsp3) is 0.143. The predicted octanol–water partition coefficient (Wildman–Crippen LogP) is -0.493. The summed E-state index contributed by atoms with van der Waals surface area (Å²) < 4.78 is 30.5. The van der Waals surface area contributed by atoms with Gasteiger partial charge in [0.25, 0.3) is 15.7 Å². The second-order valence-corrected chi connectivity index (χ2v) is 4.08. The van der Waals surface area contributed by atoms with Gasteiger partial charge in [-0.3, -0.25) is 14.3 Å². The van der Waals surface area contributed by atoms with Crippen LogP contribution in [0.4, 0.5) is 0 Å². The molecule has 0 amide bonds. The number of nitriles is 1. The Kier molecular flexibility index (Phi) is 2.53. The van der Waals surface area contributed by atoms with Crippen molar-refractivity contribution in [3.05, 3.63) is 21.5 Å². The third-order valence-electron chi connectivity index (χ3n) is 1.75. The van der Waals surface area contributed by atoms with Crippen LogP contribution in [0.2, 0.25) is 0 Å². The molecule has 1 aromatic rings. The van der Waals surface area contributed by atoms with Gasteiger partial charge >= 0.3 is 0 Å². The Morgan fingerprint density at radius 3 is 2.40 bits per heavy atom. The molecule has 0 fully saturated rings. The van der Waals surface area contributed by atoms with E-state index in [2.05, 4.69) is 0 Å². The van der Waals surface area contributed by atoms with Gasteiger partial charge in [-0.1, -0.05) is 0 Å². The number of hydrogen-bond donors (Lipinski definition) is 3. The van der Waals surface area contributed by atoms with Gasteiger partial charge in [0, 0.05) is 5.56 Å². The number of hydrogen-bond acceptors (Lipinski definition) is 5. The van der Waals surface area contributed by atoms with Gasteiger partial charge in [0.2, 0.25) is 0 Å². The van der Waals surface area contributed by atoms with Gasteiger partial charge < -0.3 is 5.11 Å². The molecule has 1 rings (SSSR count). The van der Waals surface area contributed by atoms with Gasteiger partial charge in [-0.15, -0.1) is 0 Å². The molecule has 15 heavy (non-hydrogen) atoms. The minimum atomic E-state index is -4.72. The standard InChI is InChI=1S/C7H6N2O5S/c1-3-5(15(12,13)14)4(2-8)7(11)9-6(3)10/h1H3,(H2,9,10,11)(H,12,13,14). The van der Waals surface area contributed by atoms with Crippen molar-refractivity contribution in [1.29, 1.82) is 5.26 Å². The summed E-state index contributed by atoms with van der Waals surface area (Å²) in [5, 5.41) is 17.7. The lowest BCUT2D eigenvalue weighted by molar-refractivity contribution is 0.440. The van der Waals surface area contributed by atoms with Crippen molar-refractivity contribution in [2.45, 2.75) is 11.8 Å². The van der Waals surface area contributed by atoms with Crippen LogP contribution in [0.25, 0.3) is 0 Å². The van der Waals surface area contributed by atoms with Crippen molar-refractivity contribution in [3.63, 3.8) is 0 Å². The highest BCUT2D eigenvalue weighted by molar-refractivity contribution is 7.86. The number of H-pyrrole nitrogens is 1. The Morgan fingerprint density at radius 2 is 2.00 bits per heavy atom. The molecule has 0 aliphatic heterocycles. The van der Waals surface area contributed by atoms with Gasteiger partial charge in [-0.25, -0.2) is 0 Å². The number of nitrogens with one attached hydrogen (secondary N) is 1. The average molecular weight is 230 g/mol. The van der Waals surface area contributed by atoms with Crippen molar-refractivity contribution < 1.29 is 18.1 Å². The Balaban J connectivity index is 3.94. The third-order valence-corrected chi connectivity index (χ3v) is 2.78. The summed E-state index contributed by atoms with van der Waals surface area (Å²) in [4.78, 5) is 12.1. The highest BCUT2D eigenvalue weighted by atomic mass is 32.2. The van der Waals surface area contributed by atoms with Crippen LogP contribution >= 0.6 is 0 Å². The highest BCUT2D eigenvalue weighted by Gasteiger charge is 2.24. The molecule has 0 saturated carbocycles. The Labute approximate surface area is 84.4 Å². The van der Waals surface area contributed by atoms with Gasteiger partial charge in [-0.05, 0) is 6.92 Å². The summed E-state index contributed by atoms with van der Waals surface area (Å²) in [6.07, 6.45) is 0. The van der Waals surface area contributed by atoms with Crippen molar-refractivity contribution in [3.8, 4) is 11.9 Å². The first-order chi connectivity index (χ1) is 6.79. The smallest absolute Gasteiger partial charge is 0.296 e. The lowest BCUT2D eigenvalue weighted by Gasteiger charge is -2.05. The molecule has 0 bridgehead atoms. The molecule has 0 aliphatic carbocycles. The van der Waals surface area contributed by atoms with E-state index in [0.29, 0.717) is 0 Å². The molecule has 0 aliphatic rings. The molecule has 8 heteroatoms. The van der Waals surface area contributed by atoms with Crippen LogP contribution in [0.1, 0.15) is 11.1 Å². The van der Waals surface area contributed by atoms with Crippen LogP contribution in [0.3, 0.4) is 0 Å². The largest absolute Gasteiger partial charge is 0.494 e. The van der Waals surface area contributed by atoms with Crippen LogP contribution in [0.15, 0.2) is 9.69 Å². The van der Waals surface area contributed by atoms with Crippen molar-refractivity contribution >= 4 is 10.1 Å². The molecular formula is C7H6N2O5S. The molecule has 7 nitrogen and oxygen atoms in total. The number of aromatic nitrogens is 1. The molecule has 0 saturated heterocycles. The molecule has 0 spiro atoms. The van der Waals surface area contributed by atoms with E-state index in [4.69, 9.17) is 14.9 Å². The Hall–Kier alpha value is -1.85. The molecule has 1 heterocycles. The fourth-order valence-electron chi connectivity index (χ4n) is 1.09. The summed E-state index contributed by atoms with van der Waals surface area (Å²) in [7, 11) is -4.72. The topological polar surface area (TPSA) is 131 Å². The SMILES string of the molecule is Cc1c(O)[nH]c(=O)c(C#N)c1S(=O)(=O)O. The summed E-state index contributed by atoms with van der Waals surface area (Å²) in [6.45, 7) is 1.15. The summed E-state index contributed by atoms with van der Waals surface area (Å²) in [5.41, 5.74) is -2.12. The summed E-state index contributed by atoms with van der Waals surface area (Å²) in [5.74, 6) is -0.702. The van der Waals surface area contributed by atoms with Crippen LogP contribution in [-0.4, -0.2) is 23.1 Å². The van der Waals surface area contributed by atoms with Crippen LogP contribution in [0.5, 0.6) is 5.88 Å². The normalized spacial score (nSPS) is 11.0. The number of nitrogens with zero attached hydrogens (tertiary/aromatic N) is 1. The number of aromatic amines is 1. The molecule has 0 atom stereocenters. The van der Waals surface area contributed by atoms with E-state index in [1.165, 1.54) is 6.07 Å². The lowest BCUT2D eigenvalue weighted by atomic mass is 10.2. The predicted molar refractivity (Wildman–Crippen MR) is 48.0 cm³/mol. The minimum Gasteiger partial charge on any atom is -0.494 e. The van der Waals surface area contributed by atoms with E-state index in [-0.39, 0.29) is 5.56 Å². The monoisotopic (exact) mass is 230 g/mol. The van der Waals surface area contributed by atoms with Gasteiger partial charge in [0.1, 0.15) is 16.5 Å². The molecule has 3 N–H and O–H groups in total. The first-order valence-corrected chi connectivity index (χ1v) is 5.06. The second kappa shape index (κ2) is 3.38. The van der Waals surface area contributed by atoms with Gasteiger partial charge in [0.05, 0.1) is 0 Å². The van der Waals surface area contributed by atoms with Crippen LogP contribution in [-0.2, 0) is 10.1 Å². The van der Waals surface area contributed by atoms with E-state index in [1.54, 1.807) is 0 Å². The zero-order valence-electron chi connectivity index (χ0n) is 7.47. The lowest BCUT2D eigenvalue weighted by Crippen LogP contribution is -2.17. The number of pyridine rings is 1. The Bertz CT molecular complexity index is 607. The summed E-state index contributed by atoms with van der Waals surface area (Å²) in [6, 6.07) is 1.34. The highest BCUT2D eigenvalue weighted by Crippen LogP contribution is 2.22. The van der Waals surface area contributed by atoms with Crippen molar-refractivity contribution in [1.82, 2.24) is 4.98 Å². The maximum atomic E-state index is 11.1. The zero-order chi connectivity index (χ0) is 11.8. The zero-order valence-corrected chi connectivity index (χ0v) is 8.29. The third kappa shape index (κ3) is 1.83. The first kappa shape index (κ1) is 11.2. The molecule has 0 unspecified atom stereocenters. The van der Waals surface area contributed by atoms with Gasteiger partial charge in [-0.2, -0.15) is 13.7 Å². The van der Waals surface area contributed by atoms with Crippen LogP contribution < -0.4 is 5.56 Å².